The van der Waals surface area contributed by atoms with Gasteiger partial charge in [0.15, 0.2) is 0 Å². The quantitative estimate of drug-likeness (QED) is 0.0408. The topological polar surface area (TPSA) is 135 Å². The van der Waals surface area contributed by atoms with Gasteiger partial charge in [-0.3, -0.25) is 29.0 Å². The van der Waals surface area contributed by atoms with Crippen molar-refractivity contribution in [2.24, 2.45) is 17.8 Å². The van der Waals surface area contributed by atoms with Gasteiger partial charge in [0.1, 0.15) is 17.9 Å². The molecule has 412 valence electrons. The van der Waals surface area contributed by atoms with Crippen LogP contribution in [0.3, 0.4) is 0 Å². The number of benzene rings is 3. The highest BCUT2D eigenvalue weighted by Gasteiger charge is 2.36. The molecule has 0 amide bonds. The standard InChI is InChI=1S/C26H30F6N2O4.C20H34O.C10H9F3O2/c1-3-13-33(21(23(35)36)17-5-9-19(10-6-17)25(27,28)29)15-16-34(14-4-2)22(24(37)38)18-7-11-20(12-8-18)26(30,31)32;1-5-8-9-11-16(4)14-15-19(17(6-2)7-3)20(21)18-12-10-13-18;1-6(9(14)15)7-2-4-8(5-3-7)10(11,12)13/h5-12,21-22H,3-4,13-16H2,1-2H3,(H,35,36)(H,37,38);6-7,16,18-19H,2,5,8-15H2,1,3-4H3;2-6H,1H3,(H,14,15)/b;17-7+;. The summed E-state index contributed by atoms with van der Waals surface area (Å²) < 4.78 is 114. The molecule has 1 saturated carbocycles. The summed E-state index contributed by atoms with van der Waals surface area (Å²) >= 11 is 0. The lowest BCUT2D eigenvalue weighted by Gasteiger charge is -2.34. The van der Waals surface area contributed by atoms with E-state index >= 15 is 0 Å². The van der Waals surface area contributed by atoms with Gasteiger partial charge in [-0.25, -0.2) is 0 Å². The van der Waals surface area contributed by atoms with Crippen LogP contribution in [0.1, 0.15) is 164 Å². The maximum absolute atomic E-state index is 13.0. The van der Waals surface area contributed by atoms with E-state index in [1.165, 1.54) is 51.2 Å². The number of alkyl halides is 9. The number of carboxylic acids is 3. The molecule has 3 aromatic rings. The number of allylic oxidation sites excluding steroid dienone is 3. The Morgan fingerprint density at radius 3 is 1.26 bits per heavy atom. The van der Waals surface area contributed by atoms with Crippen LogP contribution in [0.4, 0.5) is 39.5 Å². The first-order valence-corrected chi connectivity index (χ1v) is 25.2. The van der Waals surface area contributed by atoms with Gasteiger partial charge < -0.3 is 15.3 Å². The van der Waals surface area contributed by atoms with Crippen LogP contribution in [0.25, 0.3) is 0 Å². The van der Waals surface area contributed by atoms with E-state index in [1.54, 1.807) is 23.6 Å². The molecule has 18 heteroatoms. The molecule has 0 spiro atoms. The van der Waals surface area contributed by atoms with Crippen molar-refractivity contribution in [3.05, 3.63) is 130 Å². The summed E-state index contributed by atoms with van der Waals surface area (Å²) in [6.45, 7) is 16.2. The second kappa shape index (κ2) is 30.8. The van der Waals surface area contributed by atoms with E-state index in [4.69, 9.17) is 5.11 Å². The van der Waals surface area contributed by atoms with E-state index in [1.807, 2.05) is 13.0 Å². The molecule has 1 fully saturated rings. The SMILES string of the molecule is C=C/C(=C\C)C(CCC(C)CCCCC)C(=O)C1CCC1.CC(C(=O)O)c1ccc(C(F)(F)F)cc1.CCCN(CCN(CCC)C(C(=O)O)c1ccc(C(F)(F)F)cc1)C(C(=O)O)c1ccc(C(F)(F)F)cc1. The second-order valence-electron chi connectivity index (χ2n) is 18.7. The van der Waals surface area contributed by atoms with Crippen LogP contribution in [-0.2, 0) is 37.7 Å². The summed E-state index contributed by atoms with van der Waals surface area (Å²) in [6.07, 6.45) is 2.33. The minimum Gasteiger partial charge on any atom is -0.481 e. The minimum absolute atomic E-state index is 0.0518. The van der Waals surface area contributed by atoms with Gasteiger partial charge in [-0.2, -0.15) is 39.5 Å². The third-order valence-corrected chi connectivity index (χ3v) is 13.2. The van der Waals surface area contributed by atoms with Gasteiger partial charge in [0.2, 0.25) is 0 Å². The molecule has 0 aliphatic heterocycles. The van der Waals surface area contributed by atoms with Crippen LogP contribution < -0.4 is 0 Å². The lowest BCUT2D eigenvalue weighted by Crippen LogP contribution is -2.43. The first-order valence-electron chi connectivity index (χ1n) is 25.2. The fourth-order valence-electron chi connectivity index (χ4n) is 8.65. The Bertz CT molecular complexity index is 2140. The molecular weight excluding hydrogens is 984 g/mol. The average Bonchev–Trinajstić information content (AvgIpc) is 3.31. The summed E-state index contributed by atoms with van der Waals surface area (Å²) in [5, 5.41) is 28.5. The summed E-state index contributed by atoms with van der Waals surface area (Å²) in [5.74, 6) is -2.77. The molecule has 0 saturated heterocycles. The number of carboxylic acid groups (broad SMARTS) is 3. The number of halogens is 9. The van der Waals surface area contributed by atoms with Crippen LogP contribution in [0.5, 0.6) is 0 Å². The molecule has 0 radical (unpaired) electrons. The predicted octanol–water partition coefficient (Wildman–Crippen LogP) is 15.1. The molecule has 0 heterocycles. The van der Waals surface area contributed by atoms with E-state index in [0.29, 0.717) is 30.1 Å². The Morgan fingerprint density at radius 1 is 0.581 bits per heavy atom. The van der Waals surface area contributed by atoms with E-state index in [0.717, 1.165) is 97.8 Å². The van der Waals surface area contributed by atoms with Gasteiger partial charge in [0.05, 0.1) is 22.6 Å². The van der Waals surface area contributed by atoms with Crippen LogP contribution in [0, 0.1) is 17.8 Å². The minimum atomic E-state index is -4.58. The van der Waals surface area contributed by atoms with Gasteiger partial charge in [0.25, 0.3) is 0 Å². The second-order valence-corrected chi connectivity index (χ2v) is 18.7. The summed E-state index contributed by atoms with van der Waals surface area (Å²) in [4.78, 5) is 50.7. The van der Waals surface area contributed by atoms with E-state index in [-0.39, 0.29) is 43.2 Å². The first-order chi connectivity index (χ1) is 34.7. The molecule has 74 heavy (non-hydrogen) atoms. The Hall–Kier alpha value is -5.49. The van der Waals surface area contributed by atoms with Crippen molar-refractivity contribution >= 4 is 23.7 Å². The van der Waals surface area contributed by atoms with Crippen LogP contribution >= 0.6 is 0 Å². The van der Waals surface area contributed by atoms with Crippen molar-refractivity contribution in [2.45, 2.75) is 149 Å². The molecule has 5 atom stereocenters. The van der Waals surface area contributed by atoms with E-state index < -0.39 is 71.1 Å². The molecular formula is C56H73F9N2O7. The number of carbonyl (C=O) groups excluding carboxylic acids is 1. The Labute approximate surface area is 429 Å². The van der Waals surface area contributed by atoms with E-state index in [2.05, 4.69) is 26.5 Å². The van der Waals surface area contributed by atoms with Crippen molar-refractivity contribution in [2.75, 3.05) is 26.2 Å². The Morgan fingerprint density at radius 2 is 0.973 bits per heavy atom. The zero-order valence-corrected chi connectivity index (χ0v) is 43.1. The molecule has 9 nitrogen and oxygen atoms in total. The third-order valence-electron chi connectivity index (χ3n) is 13.2. The molecule has 0 aromatic heterocycles. The summed E-state index contributed by atoms with van der Waals surface area (Å²) in [6, 6.07) is 9.23. The third kappa shape index (κ3) is 20.7. The lowest BCUT2D eigenvalue weighted by atomic mass is 9.74. The van der Waals surface area contributed by atoms with Crippen molar-refractivity contribution < 1.29 is 74.0 Å². The van der Waals surface area contributed by atoms with Gasteiger partial charge in [-0.1, -0.05) is 115 Å². The summed E-state index contributed by atoms with van der Waals surface area (Å²) in [5.41, 5.74) is -0.825. The maximum atomic E-state index is 13.0. The number of carbonyl (C=O) groups is 4. The molecule has 1 aliphatic rings. The molecule has 5 unspecified atom stereocenters. The number of nitrogens with zero attached hydrogens (tertiary/aromatic N) is 2. The zero-order chi connectivity index (χ0) is 56.0. The van der Waals surface area contributed by atoms with Crippen molar-refractivity contribution in [1.82, 2.24) is 9.80 Å². The first kappa shape index (κ1) is 64.6. The fraction of sp³-hybridized carbons (Fsp3) is 0.536. The van der Waals surface area contributed by atoms with Gasteiger partial charge in [0, 0.05) is 24.9 Å². The average molecular weight is 1060 g/mol. The molecule has 3 aromatic carbocycles. The molecule has 3 N–H and O–H groups in total. The van der Waals surface area contributed by atoms with Crippen molar-refractivity contribution in [3.63, 3.8) is 0 Å². The predicted molar refractivity (Wildman–Crippen MR) is 267 cm³/mol. The van der Waals surface area contributed by atoms with Gasteiger partial charge >= 0.3 is 36.4 Å². The number of unbranched alkanes of at least 4 members (excludes halogenated alkanes) is 2. The van der Waals surface area contributed by atoms with Crippen molar-refractivity contribution in [1.29, 1.82) is 0 Å². The lowest BCUT2D eigenvalue weighted by molar-refractivity contribution is -0.146. The molecule has 1 aliphatic carbocycles. The number of hydrogen-bond donors (Lipinski definition) is 3. The van der Waals surface area contributed by atoms with Crippen LogP contribution in [0.2, 0.25) is 0 Å². The molecule has 0 bridgehead atoms. The monoisotopic (exact) mass is 1060 g/mol. The Balaban J connectivity index is 0.000000433. The highest BCUT2D eigenvalue weighted by molar-refractivity contribution is 5.87. The highest BCUT2D eigenvalue weighted by atomic mass is 19.4. The van der Waals surface area contributed by atoms with Gasteiger partial charge in [-0.05, 0) is 130 Å². The van der Waals surface area contributed by atoms with Crippen LogP contribution in [-0.4, -0.2) is 75.0 Å². The normalized spacial score (nSPS) is 15.3. The fourth-order valence-corrected chi connectivity index (χ4v) is 8.65. The number of aliphatic carboxylic acids is 3. The number of hydrogen-bond acceptors (Lipinski definition) is 6. The number of ketones is 1. The number of rotatable bonds is 26. The molecule has 4 rings (SSSR count). The zero-order valence-electron chi connectivity index (χ0n) is 43.1. The number of Topliss-reactive ketones (excluding diaryl/α,β-unsaturated/α-hetero) is 1. The Kier molecular flexibility index (Phi) is 26.9. The highest BCUT2D eigenvalue weighted by Crippen LogP contribution is 2.36. The maximum Gasteiger partial charge on any atom is 0.416 e. The summed E-state index contributed by atoms with van der Waals surface area (Å²) in [7, 11) is 0. The van der Waals surface area contributed by atoms with E-state index in [9.17, 15) is 68.9 Å². The smallest absolute Gasteiger partial charge is 0.416 e. The van der Waals surface area contributed by atoms with Crippen LogP contribution in [0.15, 0.2) is 97.1 Å². The largest absolute Gasteiger partial charge is 0.481 e. The van der Waals surface area contributed by atoms with Gasteiger partial charge in [-0.15, -0.1) is 0 Å². The van der Waals surface area contributed by atoms with Crippen molar-refractivity contribution in [3.8, 4) is 0 Å².